The summed E-state index contributed by atoms with van der Waals surface area (Å²) in [7, 11) is 0. The van der Waals surface area contributed by atoms with Gasteiger partial charge in [-0.2, -0.15) is 0 Å². The van der Waals surface area contributed by atoms with E-state index < -0.39 is 0 Å². The Kier molecular flexibility index (Phi) is 4.92. The second-order valence-electron chi connectivity index (χ2n) is 6.44. The Balaban J connectivity index is 1.50. The molecule has 1 aromatic rings. The molecular weight excluding hydrogens is 311 g/mol. The first-order chi connectivity index (χ1) is 11.6. The number of rotatable bonds is 5. The Morgan fingerprint density at radius 3 is 2.38 bits per heavy atom. The number of hydrogen-bond donors (Lipinski definition) is 1. The molecule has 3 amide bonds. The zero-order valence-corrected chi connectivity index (χ0v) is 13.5. The molecule has 3 rings (SSSR count). The van der Waals surface area contributed by atoms with Gasteiger partial charge in [0.15, 0.2) is 0 Å². The summed E-state index contributed by atoms with van der Waals surface area (Å²) < 4.78 is 13.5. The predicted molar refractivity (Wildman–Crippen MR) is 85.0 cm³/mol. The molecule has 2 aliphatic rings. The molecule has 1 aliphatic heterocycles. The quantitative estimate of drug-likeness (QED) is 0.839. The maximum absolute atomic E-state index is 13.5. The van der Waals surface area contributed by atoms with E-state index in [4.69, 9.17) is 0 Å². The van der Waals surface area contributed by atoms with Gasteiger partial charge in [0.25, 0.3) is 0 Å². The SMILES string of the molecule is O=C(CCN1C(=O)C2CCCCC2C1=O)NCc1ccccc1F. The minimum Gasteiger partial charge on any atom is -0.352 e. The molecule has 1 heterocycles. The number of benzene rings is 1. The maximum Gasteiger partial charge on any atom is 0.233 e. The summed E-state index contributed by atoms with van der Waals surface area (Å²) in [4.78, 5) is 37.8. The molecule has 6 heteroatoms. The highest BCUT2D eigenvalue weighted by Gasteiger charge is 2.47. The van der Waals surface area contributed by atoms with Crippen LogP contribution in [0.4, 0.5) is 4.39 Å². The van der Waals surface area contributed by atoms with Gasteiger partial charge in [0.1, 0.15) is 5.82 Å². The fraction of sp³-hybridized carbons (Fsp3) is 0.500. The monoisotopic (exact) mass is 332 g/mol. The van der Waals surface area contributed by atoms with Crippen molar-refractivity contribution in [1.29, 1.82) is 0 Å². The summed E-state index contributed by atoms with van der Waals surface area (Å²) >= 11 is 0. The van der Waals surface area contributed by atoms with Crippen LogP contribution in [0.3, 0.4) is 0 Å². The average Bonchev–Trinajstić information content (AvgIpc) is 2.84. The van der Waals surface area contributed by atoms with Gasteiger partial charge in [0, 0.05) is 25.1 Å². The lowest BCUT2D eigenvalue weighted by molar-refractivity contribution is -0.140. The van der Waals surface area contributed by atoms with Crippen LogP contribution < -0.4 is 5.32 Å². The van der Waals surface area contributed by atoms with E-state index in [9.17, 15) is 18.8 Å². The molecule has 1 N–H and O–H groups in total. The first-order valence-electron chi connectivity index (χ1n) is 8.43. The minimum atomic E-state index is -0.369. The van der Waals surface area contributed by atoms with Crippen LogP contribution in [-0.2, 0) is 20.9 Å². The van der Waals surface area contributed by atoms with Crippen molar-refractivity contribution >= 4 is 17.7 Å². The Labute approximate surface area is 140 Å². The standard InChI is InChI=1S/C18H21FN2O3/c19-15-8-4-1-5-12(15)11-20-16(22)9-10-21-17(23)13-6-2-3-7-14(13)18(21)24/h1,4-5,8,13-14H,2-3,6-7,9-11H2,(H,20,22). The zero-order valence-electron chi connectivity index (χ0n) is 13.5. The number of nitrogens with zero attached hydrogens (tertiary/aromatic N) is 1. The van der Waals surface area contributed by atoms with Gasteiger partial charge in [-0.1, -0.05) is 31.0 Å². The number of likely N-dealkylation sites (tertiary alicyclic amines) is 1. The number of hydrogen-bond acceptors (Lipinski definition) is 3. The Bertz CT molecular complexity index is 637. The Morgan fingerprint density at radius 2 is 1.75 bits per heavy atom. The lowest BCUT2D eigenvalue weighted by atomic mass is 9.81. The number of nitrogens with one attached hydrogen (secondary N) is 1. The number of imide groups is 1. The molecule has 1 saturated heterocycles. The first-order valence-corrected chi connectivity index (χ1v) is 8.43. The second-order valence-corrected chi connectivity index (χ2v) is 6.44. The highest BCUT2D eigenvalue weighted by Crippen LogP contribution is 2.37. The largest absolute Gasteiger partial charge is 0.352 e. The fourth-order valence-electron chi connectivity index (χ4n) is 3.59. The van der Waals surface area contributed by atoms with Crippen LogP contribution in [0.25, 0.3) is 0 Å². The molecule has 2 atom stereocenters. The smallest absolute Gasteiger partial charge is 0.233 e. The summed E-state index contributed by atoms with van der Waals surface area (Å²) in [5.74, 6) is -1.31. The van der Waals surface area contributed by atoms with E-state index >= 15 is 0 Å². The third-order valence-electron chi connectivity index (χ3n) is 4.93. The van der Waals surface area contributed by atoms with Crippen LogP contribution in [0, 0.1) is 17.7 Å². The van der Waals surface area contributed by atoms with Crippen LogP contribution in [0.5, 0.6) is 0 Å². The molecule has 5 nitrogen and oxygen atoms in total. The van der Waals surface area contributed by atoms with E-state index in [-0.39, 0.29) is 54.9 Å². The molecule has 1 aromatic carbocycles. The molecule has 24 heavy (non-hydrogen) atoms. The zero-order chi connectivity index (χ0) is 17.1. The first kappa shape index (κ1) is 16.6. The molecule has 0 bridgehead atoms. The summed E-state index contributed by atoms with van der Waals surface area (Å²) in [5.41, 5.74) is 0.408. The second kappa shape index (κ2) is 7.11. The Hall–Kier alpha value is -2.24. The van der Waals surface area contributed by atoms with E-state index in [0.717, 1.165) is 25.7 Å². The minimum absolute atomic E-state index is 0.0470. The molecular formula is C18H21FN2O3. The van der Waals surface area contributed by atoms with Crippen molar-refractivity contribution in [3.8, 4) is 0 Å². The number of carbonyl (C=O) groups is 3. The topological polar surface area (TPSA) is 66.5 Å². The Morgan fingerprint density at radius 1 is 1.12 bits per heavy atom. The van der Waals surface area contributed by atoms with Gasteiger partial charge in [-0.3, -0.25) is 19.3 Å². The van der Waals surface area contributed by atoms with Crippen molar-refractivity contribution in [2.45, 2.75) is 38.6 Å². The van der Waals surface area contributed by atoms with Crippen molar-refractivity contribution in [1.82, 2.24) is 10.2 Å². The highest BCUT2D eigenvalue weighted by atomic mass is 19.1. The van der Waals surface area contributed by atoms with Gasteiger partial charge in [-0.15, -0.1) is 0 Å². The number of amides is 3. The highest BCUT2D eigenvalue weighted by molar-refractivity contribution is 6.05. The average molecular weight is 332 g/mol. The van der Waals surface area contributed by atoms with Gasteiger partial charge < -0.3 is 5.32 Å². The summed E-state index contributed by atoms with van der Waals surface area (Å²) in [6, 6.07) is 6.23. The van der Waals surface area contributed by atoms with Crippen molar-refractivity contribution in [3.63, 3.8) is 0 Å². The fourth-order valence-corrected chi connectivity index (χ4v) is 3.59. The number of halogens is 1. The summed E-state index contributed by atoms with van der Waals surface area (Å²) in [6.45, 7) is 0.201. The van der Waals surface area contributed by atoms with E-state index in [1.807, 2.05) is 0 Å². The van der Waals surface area contributed by atoms with Crippen LogP contribution >= 0.6 is 0 Å². The third kappa shape index (κ3) is 3.32. The molecule has 1 saturated carbocycles. The normalized spacial score (nSPS) is 23.3. The van der Waals surface area contributed by atoms with E-state index in [0.29, 0.717) is 5.56 Å². The van der Waals surface area contributed by atoms with Crippen molar-refractivity contribution in [2.75, 3.05) is 6.54 Å². The maximum atomic E-state index is 13.5. The lowest BCUT2D eigenvalue weighted by Gasteiger charge is -2.19. The van der Waals surface area contributed by atoms with Gasteiger partial charge in [0.05, 0.1) is 11.8 Å². The van der Waals surface area contributed by atoms with Crippen molar-refractivity contribution in [2.24, 2.45) is 11.8 Å². The van der Waals surface area contributed by atoms with Crippen LogP contribution in [0.2, 0.25) is 0 Å². The van der Waals surface area contributed by atoms with Crippen LogP contribution in [-0.4, -0.2) is 29.2 Å². The van der Waals surface area contributed by atoms with Crippen molar-refractivity contribution in [3.05, 3.63) is 35.6 Å². The molecule has 1 aliphatic carbocycles. The molecule has 0 spiro atoms. The predicted octanol–water partition coefficient (Wildman–Crippen LogP) is 2.01. The summed E-state index contributed by atoms with van der Waals surface area (Å²) in [5, 5.41) is 2.63. The number of carbonyl (C=O) groups excluding carboxylic acids is 3. The molecule has 128 valence electrons. The van der Waals surface area contributed by atoms with Crippen LogP contribution in [0.1, 0.15) is 37.7 Å². The third-order valence-corrected chi connectivity index (χ3v) is 4.93. The molecule has 2 unspecified atom stereocenters. The van der Waals surface area contributed by atoms with E-state index in [2.05, 4.69) is 5.32 Å². The van der Waals surface area contributed by atoms with Gasteiger partial charge in [-0.25, -0.2) is 4.39 Å². The molecule has 2 fully saturated rings. The summed E-state index contributed by atoms with van der Waals surface area (Å²) in [6.07, 6.45) is 3.55. The van der Waals surface area contributed by atoms with Crippen LogP contribution in [0.15, 0.2) is 24.3 Å². The number of fused-ring (bicyclic) bond motifs is 1. The van der Waals surface area contributed by atoms with Gasteiger partial charge >= 0.3 is 0 Å². The van der Waals surface area contributed by atoms with Gasteiger partial charge in [0.2, 0.25) is 17.7 Å². The van der Waals surface area contributed by atoms with Crippen molar-refractivity contribution < 1.29 is 18.8 Å². The van der Waals surface area contributed by atoms with Gasteiger partial charge in [-0.05, 0) is 18.9 Å². The van der Waals surface area contributed by atoms with E-state index in [1.165, 1.54) is 11.0 Å². The lowest BCUT2D eigenvalue weighted by Crippen LogP contribution is -2.35. The van der Waals surface area contributed by atoms with E-state index in [1.54, 1.807) is 18.2 Å². The molecule has 0 aromatic heterocycles. The molecule has 0 radical (unpaired) electrons.